The van der Waals surface area contributed by atoms with E-state index in [1.807, 2.05) is 24.3 Å². The summed E-state index contributed by atoms with van der Waals surface area (Å²) in [7, 11) is 0. The number of anilines is 2. The highest BCUT2D eigenvalue weighted by atomic mass is 16.5. The number of urea groups is 1. The van der Waals surface area contributed by atoms with Gasteiger partial charge in [-0.25, -0.2) is 4.79 Å². The Bertz CT molecular complexity index is 602. The van der Waals surface area contributed by atoms with E-state index in [1.165, 1.54) is 19.3 Å². The van der Waals surface area contributed by atoms with E-state index in [2.05, 4.69) is 22.5 Å². The van der Waals surface area contributed by atoms with Gasteiger partial charge in [-0.1, -0.05) is 31.9 Å². The highest BCUT2D eigenvalue weighted by Crippen LogP contribution is 2.28. The van der Waals surface area contributed by atoms with Crippen LogP contribution in [0.1, 0.15) is 45.4 Å². The molecule has 1 saturated carbocycles. The highest BCUT2D eigenvalue weighted by molar-refractivity contribution is 5.93. The second-order valence-electron chi connectivity index (χ2n) is 7.79. The first-order chi connectivity index (χ1) is 13.1. The number of ether oxygens (including phenoxy) is 1. The van der Waals surface area contributed by atoms with E-state index in [4.69, 9.17) is 4.74 Å². The molecule has 0 bridgehead atoms. The third-order valence-corrected chi connectivity index (χ3v) is 5.71. The van der Waals surface area contributed by atoms with Crippen LogP contribution in [-0.2, 0) is 4.74 Å². The second-order valence-corrected chi connectivity index (χ2v) is 7.79. The molecule has 6 heteroatoms. The summed E-state index contributed by atoms with van der Waals surface area (Å²) in [4.78, 5) is 14.5. The minimum atomic E-state index is -0.212. The van der Waals surface area contributed by atoms with Gasteiger partial charge in [0.25, 0.3) is 0 Å². The lowest BCUT2D eigenvalue weighted by Gasteiger charge is -2.32. The molecule has 3 rings (SSSR count). The number of hydrogen-bond donors (Lipinski definition) is 3. The highest BCUT2D eigenvalue weighted by Gasteiger charge is 2.22. The largest absolute Gasteiger partial charge is 0.393 e. The molecule has 1 aromatic carbocycles. The van der Waals surface area contributed by atoms with Crippen LogP contribution in [0.4, 0.5) is 16.2 Å². The van der Waals surface area contributed by atoms with Crippen molar-refractivity contribution < 1.29 is 14.6 Å². The third-order valence-electron chi connectivity index (χ3n) is 5.71. The standard InChI is InChI=1S/C21H33N3O3/c1-16-6-2-5-9-20(16)27-15-12-22-21(26)23-18-7-3-4-8-19(18)24-13-10-17(25)11-14-24/h3-4,7-8,16-17,20,25H,2,5-6,9-15H2,1H3,(H2,22,23,26). The summed E-state index contributed by atoms with van der Waals surface area (Å²) < 4.78 is 5.95. The van der Waals surface area contributed by atoms with Gasteiger partial charge in [0, 0.05) is 19.6 Å². The molecule has 27 heavy (non-hydrogen) atoms. The lowest BCUT2D eigenvalue weighted by molar-refractivity contribution is -0.00232. The van der Waals surface area contributed by atoms with Crippen LogP contribution in [0.2, 0.25) is 0 Å². The number of benzene rings is 1. The molecule has 6 nitrogen and oxygen atoms in total. The first kappa shape index (κ1) is 20.0. The van der Waals surface area contributed by atoms with Crippen molar-refractivity contribution in [3.05, 3.63) is 24.3 Å². The van der Waals surface area contributed by atoms with Gasteiger partial charge in [-0.05, 0) is 43.7 Å². The van der Waals surface area contributed by atoms with E-state index in [1.54, 1.807) is 0 Å². The number of carbonyl (C=O) groups is 1. The van der Waals surface area contributed by atoms with Gasteiger partial charge in [-0.3, -0.25) is 0 Å². The molecule has 2 unspecified atom stereocenters. The van der Waals surface area contributed by atoms with Crippen molar-refractivity contribution in [1.82, 2.24) is 5.32 Å². The first-order valence-electron chi connectivity index (χ1n) is 10.3. The summed E-state index contributed by atoms with van der Waals surface area (Å²) in [6.07, 6.45) is 6.56. The lowest BCUT2D eigenvalue weighted by atomic mass is 9.88. The Morgan fingerprint density at radius 3 is 2.70 bits per heavy atom. The molecular weight excluding hydrogens is 342 g/mol. The predicted octanol–water partition coefficient (Wildman–Crippen LogP) is 3.36. The number of hydrogen-bond acceptors (Lipinski definition) is 4. The Morgan fingerprint density at radius 1 is 1.19 bits per heavy atom. The molecule has 2 atom stereocenters. The molecular formula is C21H33N3O3. The van der Waals surface area contributed by atoms with E-state index < -0.39 is 0 Å². The van der Waals surface area contributed by atoms with Crippen molar-refractivity contribution in [3.8, 4) is 0 Å². The summed E-state index contributed by atoms with van der Waals surface area (Å²) >= 11 is 0. The normalized spacial score (nSPS) is 23.9. The summed E-state index contributed by atoms with van der Waals surface area (Å²) in [5.74, 6) is 0.613. The fourth-order valence-corrected chi connectivity index (χ4v) is 4.03. The minimum Gasteiger partial charge on any atom is -0.393 e. The van der Waals surface area contributed by atoms with Crippen molar-refractivity contribution in [2.45, 2.75) is 57.7 Å². The van der Waals surface area contributed by atoms with Crippen LogP contribution in [-0.4, -0.2) is 49.6 Å². The summed E-state index contributed by atoms with van der Waals surface area (Å²) in [6, 6.07) is 7.62. The van der Waals surface area contributed by atoms with Crippen LogP contribution in [0.3, 0.4) is 0 Å². The van der Waals surface area contributed by atoms with Crippen molar-refractivity contribution in [2.75, 3.05) is 36.5 Å². The monoisotopic (exact) mass is 375 g/mol. The van der Waals surface area contributed by atoms with Crippen LogP contribution >= 0.6 is 0 Å². The van der Waals surface area contributed by atoms with Crippen LogP contribution in [0.15, 0.2) is 24.3 Å². The summed E-state index contributed by atoms with van der Waals surface area (Å²) in [5, 5.41) is 15.5. The molecule has 3 N–H and O–H groups in total. The molecule has 2 fully saturated rings. The maximum absolute atomic E-state index is 12.3. The first-order valence-corrected chi connectivity index (χ1v) is 10.3. The zero-order chi connectivity index (χ0) is 19.1. The van der Waals surface area contributed by atoms with Crippen molar-refractivity contribution in [3.63, 3.8) is 0 Å². The molecule has 1 saturated heterocycles. The average molecular weight is 376 g/mol. The minimum absolute atomic E-state index is 0.209. The van der Waals surface area contributed by atoms with Crippen molar-refractivity contribution in [2.24, 2.45) is 5.92 Å². The fraction of sp³-hybridized carbons (Fsp3) is 0.667. The van der Waals surface area contributed by atoms with Gasteiger partial charge in [0.05, 0.1) is 30.2 Å². The number of nitrogens with zero attached hydrogens (tertiary/aromatic N) is 1. The van der Waals surface area contributed by atoms with Gasteiger partial charge >= 0.3 is 6.03 Å². The number of amides is 2. The summed E-state index contributed by atoms with van der Waals surface area (Å²) in [5.41, 5.74) is 1.81. The van der Waals surface area contributed by atoms with Crippen LogP contribution in [0.5, 0.6) is 0 Å². The summed E-state index contributed by atoms with van der Waals surface area (Å²) in [6.45, 7) is 4.91. The molecule has 0 spiro atoms. The quantitative estimate of drug-likeness (QED) is 0.667. The molecule has 0 radical (unpaired) electrons. The van der Waals surface area contributed by atoms with E-state index in [-0.39, 0.29) is 12.1 Å². The number of aliphatic hydroxyl groups excluding tert-OH is 1. The van der Waals surface area contributed by atoms with Gasteiger partial charge in [-0.15, -0.1) is 0 Å². The molecule has 2 amide bonds. The zero-order valence-electron chi connectivity index (χ0n) is 16.3. The zero-order valence-corrected chi connectivity index (χ0v) is 16.3. The van der Waals surface area contributed by atoms with Crippen molar-refractivity contribution in [1.29, 1.82) is 0 Å². The maximum Gasteiger partial charge on any atom is 0.319 e. The SMILES string of the molecule is CC1CCCCC1OCCNC(=O)Nc1ccccc1N1CCC(O)CC1. The topological polar surface area (TPSA) is 73.8 Å². The predicted molar refractivity (Wildman–Crippen MR) is 108 cm³/mol. The molecule has 1 heterocycles. The molecule has 2 aliphatic rings. The average Bonchev–Trinajstić information content (AvgIpc) is 2.68. The molecule has 150 valence electrons. The Balaban J connectivity index is 1.44. The smallest absolute Gasteiger partial charge is 0.319 e. The fourth-order valence-electron chi connectivity index (χ4n) is 4.03. The third kappa shape index (κ3) is 5.84. The Hall–Kier alpha value is -1.79. The maximum atomic E-state index is 12.3. The van der Waals surface area contributed by atoms with E-state index >= 15 is 0 Å². The van der Waals surface area contributed by atoms with Crippen molar-refractivity contribution >= 4 is 17.4 Å². The van der Waals surface area contributed by atoms with E-state index in [0.29, 0.717) is 25.2 Å². The van der Waals surface area contributed by atoms with Gasteiger partial charge in [0.15, 0.2) is 0 Å². The second kappa shape index (κ2) is 9.95. The van der Waals surface area contributed by atoms with Gasteiger partial charge in [0.1, 0.15) is 0 Å². The van der Waals surface area contributed by atoms with E-state index in [0.717, 1.165) is 43.7 Å². The number of rotatable bonds is 6. The molecule has 1 aliphatic carbocycles. The number of aliphatic hydroxyl groups is 1. The Kier molecular flexibility index (Phi) is 7.35. The number of para-hydroxylation sites is 2. The van der Waals surface area contributed by atoms with Gasteiger partial charge in [0.2, 0.25) is 0 Å². The number of piperidine rings is 1. The molecule has 0 aromatic heterocycles. The molecule has 1 aliphatic heterocycles. The Labute approximate surface area is 162 Å². The van der Waals surface area contributed by atoms with Crippen LogP contribution in [0.25, 0.3) is 0 Å². The molecule has 1 aromatic rings. The number of nitrogens with one attached hydrogen (secondary N) is 2. The number of carbonyl (C=O) groups excluding carboxylic acids is 1. The van der Waals surface area contributed by atoms with Crippen LogP contribution in [0, 0.1) is 5.92 Å². The van der Waals surface area contributed by atoms with E-state index in [9.17, 15) is 9.90 Å². The van der Waals surface area contributed by atoms with Crippen LogP contribution < -0.4 is 15.5 Å². The Morgan fingerprint density at radius 2 is 1.93 bits per heavy atom. The van der Waals surface area contributed by atoms with Gasteiger partial charge in [-0.2, -0.15) is 0 Å². The lowest BCUT2D eigenvalue weighted by Crippen LogP contribution is -2.37. The van der Waals surface area contributed by atoms with Gasteiger partial charge < -0.3 is 25.4 Å².